The third-order valence-corrected chi connectivity index (χ3v) is 4.92. The van der Waals surface area contributed by atoms with Crippen LogP contribution in [0.5, 0.6) is 0 Å². The van der Waals surface area contributed by atoms with E-state index in [0.717, 1.165) is 44.1 Å². The summed E-state index contributed by atoms with van der Waals surface area (Å²) in [6, 6.07) is 6.09. The maximum Gasteiger partial charge on any atom is 0.154 e. The van der Waals surface area contributed by atoms with Gasteiger partial charge in [-0.15, -0.1) is 10.2 Å². The minimum Gasteiger partial charge on any atom is -0.371 e. The molecule has 7 heteroatoms. The van der Waals surface area contributed by atoms with Gasteiger partial charge in [-0.05, 0) is 38.0 Å². The third-order valence-electron chi connectivity index (χ3n) is 4.92. The molecule has 1 saturated heterocycles. The fourth-order valence-corrected chi connectivity index (χ4v) is 3.60. The lowest BCUT2D eigenvalue weighted by Gasteiger charge is -2.33. The molecule has 130 valence electrons. The van der Waals surface area contributed by atoms with Crippen molar-refractivity contribution >= 4 is 5.69 Å². The van der Waals surface area contributed by atoms with Crippen molar-refractivity contribution in [2.45, 2.75) is 38.8 Å². The van der Waals surface area contributed by atoms with E-state index >= 15 is 0 Å². The smallest absolute Gasteiger partial charge is 0.154 e. The molecule has 0 unspecified atom stereocenters. The van der Waals surface area contributed by atoms with Crippen molar-refractivity contribution in [1.29, 1.82) is 0 Å². The van der Waals surface area contributed by atoms with Crippen LogP contribution in [0, 0.1) is 0 Å². The van der Waals surface area contributed by atoms with E-state index in [0.29, 0.717) is 12.5 Å². The predicted octanol–water partition coefficient (Wildman–Crippen LogP) is 2.32. The summed E-state index contributed by atoms with van der Waals surface area (Å²) < 4.78 is 4.15. The van der Waals surface area contributed by atoms with Crippen molar-refractivity contribution in [2.75, 3.05) is 18.0 Å². The van der Waals surface area contributed by atoms with Gasteiger partial charge in [-0.3, -0.25) is 9.67 Å². The highest BCUT2D eigenvalue weighted by molar-refractivity contribution is 5.45. The van der Waals surface area contributed by atoms with E-state index < -0.39 is 0 Å². The SMILES string of the molecule is CCn1c(Cn2cccn2)nnc1C1CCN(c2ccncc2)CC1. The van der Waals surface area contributed by atoms with Gasteiger partial charge in [-0.1, -0.05) is 0 Å². The van der Waals surface area contributed by atoms with Crippen molar-refractivity contribution in [3.8, 4) is 0 Å². The Balaban J connectivity index is 1.47. The number of piperidine rings is 1. The summed E-state index contributed by atoms with van der Waals surface area (Å²) >= 11 is 0. The molecule has 0 N–H and O–H groups in total. The Morgan fingerprint density at radius 2 is 1.88 bits per heavy atom. The first-order valence-corrected chi connectivity index (χ1v) is 8.89. The molecule has 0 saturated carbocycles. The molecule has 1 aliphatic heterocycles. The van der Waals surface area contributed by atoms with Crippen LogP contribution in [0.2, 0.25) is 0 Å². The van der Waals surface area contributed by atoms with Crippen LogP contribution in [0.1, 0.15) is 37.3 Å². The number of pyridine rings is 1. The van der Waals surface area contributed by atoms with Crippen LogP contribution in [0.15, 0.2) is 43.0 Å². The highest BCUT2D eigenvalue weighted by Gasteiger charge is 2.26. The molecule has 25 heavy (non-hydrogen) atoms. The molecule has 0 bridgehead atoms. The molecule has 0 amide bonds. The van der Waals surface area contributed by atoms with Crippen LogP contribution in [0.4, 0.5) is 5.69 Å². The summed E-state index contributed by atoms with van der Waals surface area (Å²) in [4.78, 5) is 6.53. The molecule has 0 radical (unpaired) electrons. The summed E-state index contributed by atoms with van der Waals surface area (Å²) in [5, 5.41) is 13.3. The van der Waals surface area contributed by atoms with Crippen molar-refractivity contribution in [1.82, 2.24) is 29.5 Å². The Morgan fingerprint density at radius 1 is 1.08 bits per heavy atom. The van der Waals surface area contributed by atoms with Crippen LogP contribution in [0.3, 0.4) is 0 Å². The molecule has 0 aromatic carbocycles. The molecule has 0 aliphatic carbocycles. The van der Waals surface area contributed by atoms with Gasteiger partial charge in [0.05, 0.1) is 0 Å². The number of anilines is 1. The second kappa shape index (κ2) is 7.04. The van der Waals surface area contributed by atoms with Gasteiger partial charge in [0.2, 0.25) is 0 Å². The van der Waals surface area contributed by atoms with Gasteiger partial charge in [-0.25, -0.2) is 0 Å². The predicted molar refractivity (Wildman–Crippen MR) is 95.5 cm³/mol. The van der Waals surface area contributed by atoms with Crippen molar-refractivity contribution < 1.29 is 0 Å². The van der Waals surface area contributed by atoms with Gasteiger partial charge in [-0.2, -0.15) is 5.10 Å². The van der Waals surface area contributed by atoms with E-state index in [4.69, 9.17) is 0 Å². The molecule has 0 spiro atoms. The standard InChI is InChI=1S/C18H23N7/c1-2-25-17(14-24-11-3-8-20-24)21-22-18(25)15-6-12-23(13-7-15)16-4-9-19-10-5-16/h3-5,8-11,15H,2,6-7,12-14H2,1H3. The van der Waals surface area contributed by atoms with Crippen molar-refractivity contribution in [3.63, 3.8) is 0 Å². The number of rotatable bonds is 5. The highest BCUT2D eigenvalue weighted by Crippen LogP contribution is 2.29. The van der Waals surface area contributed by atoms with Crippen LogP contribution < -0.4 is 4.90 Å². The number of hydrogen-bond donors (Lipinski definition) is 0. The quantitative estimate of drug-likeness (QED) is 0.715. The second-order valence-electron chi connectivity index (χ2n) is 6.39. The molecule has 3 aromatic rings. The molecule has 4 rings (SSSR count). The Kier molecular flexibility index (Phi) is 4.45. The van der Waals surface area contributed by atoms with Gasteiger partial charge in [0.1, 0.15) is 12.4 Å². The minimum absolute atomic E-state index is 0.469. The van der Waals surface area contributed by atoms with Gasteiger partial charge < -0.3 is 9.47 Å². The Labute approximate surface area is 147 Å². The lowest BCUT2D eigenvalue weighted by Crippen LogP contribution is -2.33. The van der Waals surface area contributed by atoms with E-state index in [-0.39, 0.29) is 0 Å². The average Bonchev–Trinajstić information content (AvgIpc) is 3.32. The molecular weight excluding hydrogens is 314 g/mol. The van der Waals surface area contributed by atoms with Crippen LogP contribution in [0.25, 0.3) is 0 Å². The molecule has 3 aromatic heterocycles. The second-order valence-corrected chi connectivity index (χ2v) is 6.39. The van der Waals surface area contributed by atoms with E-state index in [9.17, 15) is 0 Å². The summed E-state index contributed by atoms with van der Waals surface area (Å²) in [7, 11) is 0. The first-order chi connectivity index (χ1) is 12.3. The van der Waals surface area contributed by atoms with Crippen molar-refractivity contribution in [3.05, 3.63) is 54.6 Å². The zero-order chi connectivity index (χ0) is 17.1. The number of nitrogens with zero attached hydrogens (tertiary/aromatic N) is 7. The van der Waals surface area contributed by atoms with Gasteiger partial charge >= 0.3 is 0 Å². The Hall–Kier alpha value is -2.70. The molecule has 0 atom stereocenters. The maximum absolute atomic E-state index is 4.53. The highest BCUT2D eigenvalue weighted by atomic mass is 15.3. The zero-order valence-corrected chi connectivity index (χ0v) is 14.5. The zero-order valence-electron chi connectivity index (χ0n) is 14.5. The topological polar surface area (TPSA) is 64.7 Å². The van der Waals surface area contributed by atoms with Gasteiger partial charge in [0, 0.05) is 56.0 Å². The summed E-state index contributed by atoms with van der Waals surface area (Å²) in [5.41, 5.74) is 1.25. The molecule has 1 aliphatic rings. The molecule has 7 nitrogen and oxygen atoms in total. The fraction of sp³-hybridized carbons (Fsp3) is 0.444. The first kappa shape index (κ1) is 15.8. The first-order valence-electron chi connectivity index (χ1n) is 8.89. The van der Waals surface area contributed by atoms with E-state index in [1.807, 2.05) is 29.3 Å². The fourth-order valence-electron chi connectivity index (χ4n) is 3.60. The third kappa shape index (κ3) is 3.26. The molecular formula is C18H23N7. The Bertz CT molecular complexity index is 786. The largest absolute Gasteiger partial charge is 0.371 e. The number of hydrogen-bond acceptors (Lipinski definition) is 5. The average molecular weight is 337 g/mol. The van der Waals surface area contributed by atoms with Crippen LogP contribution in [-0.4, -0.2) is 42.6 Å². The van der Waals surface area contributed by atoms with Gasteiger partial charge in [0.15, 0.2) is 5.82 Å². The minimum atomic E-state index is 0.469. The number of aromatic nitrogens is 6. The van der Waals surface area contributed by atoms with E-state index in [2.05, 4.69) is 48.8 Å². The lowest BCUT2D eigenvalue weighted by molar-refractivity contribution is 0.463. The van der Waals surface area contributed by atoms with Gasteiger partial charge in [0.25, 0.3) is 0 Å². The van der Waals surface area contributed by atoms with E-state index in [1.54, 1.807) is 6.20 Å². The lowest BCUT2D eigenvalue weighted by atomic mass is 9.95. The normalized spacial score (nSPS) is 15.6. The molecule has 1 fully saturated rings. The van der Waals surface area contributed by atoms with E-state index in [1.165, 1.54) is 5.69 Å². The molecule has 4 heterocycles. The summed E-state index contributed by atoms with van der Waals surface area (Å²) in [6.07, 6.45) is 9.67. The van der Waals surface area contributed by atoms with Crippen molar-refractivity contribution in [2.24, 2.45) is 0 Å². The Morgan fingerprint density at radius 3 is 2.56 bits per heavy atom. The summed E-state index contributed by atoms with van der Waals surface area (Å²) in [6.45, 7) is 5.80. The van der Waals surface area contributed by atoms with Crippen LogP contribution in [-0.2, 0) is 13.1 Å². The summed E-state index contributed by atoms with van der Waals surface area (Å²) in [5.74, 6) is 2.58. The maximum atomic E-state index is 4.53. The monoisotopic (exact) mass is 337 g/mol. The van der Waals surface area contributed by atoms with Crippen LogP contribution >= 0.6 is 0 Å².